The number of hydrogen-bond donors (Lipinski definition) is 1. The van der Waals surface area contributed by atoms with E-state index in [2.05, 4.69) is 5.10 Å². The van der Waals surface area contributed by atoms with Crippen LogP contribution in [-0.4, -0.2) is 15.6 Å². The van der Waals surface area contributed by atoms with Crippen LogP contribution in [0.25, 0.3) is 0 Å². The third kappa shape index (κ3) is 3.34. The fourth-order valence-corrected chi connectivity index (χ4v) is 2.64. The number of halogens is 1. The second kappa shape index (κ2) is 6.87. The maximum Gasteiger partial charge on any atom is 0.160 e. The lowest BCUT2D eigenvalue weighted by atomic mass is 10.0. The smallest absolute Gasteiger partial charge is 0.160 e. The fourth-order valence-electron chi connectivity index (χ4n) is 2.31. The summed E-state index contributed by atoms with van der Waals surface area (Å²) in [5.74, 6) is -0.0552. The number of Topliss-reactive ketones (excluding diaryl/α,β-unsaturated/α-hetero) is 1. The molecule has 0 saturated carbocycles. The summed E-state index contributed by atoms with van der Waals surface area (Å²) in [4.78, 5) is 12.4. The molecule has 0 aliphatic heterocycles. The maximum absolute atomic E-state index is 12.4. The van der Waals surface area contributed by atoms with Crippen LogP contribution >= 0.6 is 11.6 Å². The van der Waals surface area contributed by atoms with Gasteiger partial charge in [-0.3, -0.25) is 9.48 Å². The predicted molar refractivity (Wildman–Crippen MR) is 84.4 cm³/mol. The normalized spacial score (nSPS) is 12.4. The quantitative estimate of drug-likeness (QED) is 0.892. The lowest BCUT2D eigenvalue weighted by molar-refractivity contribution is -0.119. The Balaban J connectivity index is 2.22. The standard InChI is InChI=1S/C16H20ClN3O/c1-3-12-15(17)13(20(4-2)19-12)10-14(21)16(18)11-8-6-5-7-9-11/h5-9,16H,3-4,10,18H2,1-2H3. The summed E-state index contributed by atoms with van der Waals surface area (Å²) < 4.78 is 1.79. The molecular formula is C16H20ClN3O. The number of carbonyl (C=O) groups excluding carboxylic acids is 1. The van der Waals surface area contributed by atoms with Crippen LogP contribution in [0.1, 0.15) is 36.8 Å². The number of hydrogen-bond acceptors (Lipinski definition) is 3. The van der Waals surface area contributed by atoms with E-state index < -0.39 is 6.04 Å². The molecule has 0 bridgehead atoms. The molecule has 0 radical (unpaired) electrons. The largest absolute Gasteiger partial charge is 0.318 e. The van der Waals surface area contributed by atoms with Crippen molar-refractivity contribution in [2.45, 2.75) is 39.3 Å². The highest BCUT2D eigenvalue weighted by molar-refractivity contribution is 6.32. The van der Waals surface area contributed by atoms with E-state index in [9.17, 15) is 4.79 Å². The molecule has 2 N–H and O–H groups in total. The molecule has 112 valence electrons. The fraction of sp³-hybridized carbons (Fsp3) is 0.375. The van der Waals surface area contributed by atoms with Crippen LogP contribution < -0.4 is 5.73 Å². The second-order valence-electron chi connectivity index (χ2n) is 4.91. The highest BCUT2D eigenvalue weighted by Gasteiger charge is 2.21. The van der Waals surface area contributed by atoms with Crippen molar-refractivity contribution in [3.8, 4) is 0 Å². The van der Waals surface area contributed by atoms with Crippen molar-refractivity contribution in [2.24, 2.45) is 5.73 Å². The van der Waals surface area contributed by atoms with Gasteiger partial charge in [-0.2, -0.15) is 5.10 Å². The molecule has 2 aromatic rings. The van der Waals surface area contributed by atoms with E-state index in [0.29, 0.717) is 11.6 Å². The molecule has 0 aliphatic carbocycles. The van der Waals surface area contributed by atoms with E-state index in [1.54, 1.807) is 4.68 Å². The Kier molecular flexibility index (Phi) is 5.15. The second-order valence-corrected chi connectivity index (χ2v) is 5.29. The van der Waals surface area contributed by atoms with Crippen LogP contribution in [-0.2, 0) is 24.2 Å². The summed E-state index contributed by atoms with van der Waals surface area (Å²) in [7, 11) is 0. The molecule has 0 saturated heterocycles. The topological polar surface area (TPSA) is 60.9 Å². The molecule has 0 spiro atoms. The van der Waals surface area contributed by atoms with E-state index in [1.807, 2.05) is 44.2 Å². The van der Waals surface area contributed by atoms with Crippen molar-refractivity contribution in [1.29, 1.82) is 0 Å². The number of aromatic nitrogens is 2. The van der Waals surface area contributed by atoms with Crippen LogP contribution in [0.4, 0.5) is 0 Å². The summed E-state index contributed by atoms with van der Waals surface area (Å²) in [5.41, 5.74) is 8.45. The van der Waals surface area contributed by atoms with Gasteiger partial charge in [-0.1, -0.05) is 48.9 Å². The molecule has 1 aromatic heterocycles. The van der Waals surface area contributed by atoms with Gasteiger partial charge in [-0.25, -0.2) is 0 Å². The van der Waals surface area contributed by atoms with Crippen LogP contribution in [0.2, 0.25) is 5.02 Å². The van der Waals surface area contributed by atoms with Gasteiger partial charge in [0.1, 0.15) is 0 Å². The van der Waals surface area contributed by atoms with Crippen LogP contribution in [0, 0.1) is 0 Å². The Morgan fingerprint density at radius 3 is 2.57 bits per heavy atom. The molecule has 1 unspecified atom stereocenters. The number of benzene rings is 1. The first-order valence-electron chi connectivity index (χ1n) is 7.15. The first-order chi connectivity index (χ1) is 10.1. The Bertz CT molecular complexity index is 622. The molecule has 1 heterocycles. The Labute approximate surface area is 129 Å². The van der Waals surface area contributed by atoms with Crippen molar-refractivity contribution in [2.75, 3.05) is 0 Å². The lowest BCUT2D eigenvalue weighted by Crippen LogP contribution is -2.24. The maximum atomic E-state index is 12.4. The van der Waals surface area contributed by atoms with E-state index in [4.69, 9.17) is 17.3 Å². The van der Waals surface area contributed by atoms with Gasteiger partial charge < -0.3 is 5.73 Å². The predicted octanol–water partition coefficient (Wildman–Crippen LogP) is 2.93. The van der Waals surface area contributed by atoms with Gasteiger partial charge in [0.05, 0.1) is 28.9 Å². The zero-order valence-electron chi connectivity index (χ0n) is 12.3. The van der Waals surface area contributed by atoms with Crippen molar-refractivity contribution in [3.05, 3.63) is 52.3 Å². The summed E-state index contributed by atoms with van der Waals surface area (Å²) in [5, 5.41) is 5.01. The van der Waals surface area contributed by atoms with Crippen molar-refractivity contribution in [3.63, 3.8) is 0 Å². The lowest BCUT2D eigenvalue weighted by Gasteiger charge is -2.11. The SMILES string of the molecule is CCc1nn(CC)c(CC(=O)C(N)c2ccccc2)c1Cl. The summed E-state index contributed by atoms with van der Waals surface area (Å²) in [6.45, 7) is 4.66. The molecule has 0 aliphatic rings. The van der Waals surface area contributed by atoms with Crippen molar-refractivity contribution in [1.82, 2.24) is 9.78 Å². The van der Waals surface area contributed by atoms with Crippen LogP contribution in [0.5, 0.6) is 0 Å². The third-order valence-corrected chi connectivity index (χ3v) is 3.98. The average Bonchev–Trinajstić information content (AvgIpc) is 2.83. The molecule has 0 fully saturated rings. The molecule has 21 heavy (non-hydrogen) atoms. The minimum atomic E-state index is -0.632. The Hall–Kier alpha value is -1.65. The summed E-state index contributed by atoms with van der Waals surface area (Å²) in [6, 6.07) is 8.74. The minimum absolute atomic E-state index is 0.0552. The molecule has 1 atom stereocenters. The van der Waals surface area contributed by atoms with Crippen LogP contribution in [0.3, 0.4) is 0 Å². The van der Waals surface area contributed by atoms with Gasteiger partial charge in [0.2, 0.25) is 0 Å². The van der Waals surface area contributed by atoms with Gasteiger partial charge in [0.15, 0.2) is 5.78 Å². The molecule has 1 aromatic carbocycles. The zero-order chi connectivity index (χ0) is 15.4. The Morgan fingerprint density at radius 1 is 1.33 bits per heavy atom. The van der Waals surface area contributed by atoms with Crippen molar-refractivity contribution < 1.29 is 4.79 Å². The molecule has 4 nitrogen and oxygen atoms in total. The summed E-state index contributed by atoms with van der Waals surface area (Å²) >= 11 is 6.33. The highest BCUT2D eigenvalue weighted by atomic mass is 35.5. The Morgan fingerprint density at radius 2 is 2.00 bits per heavy atom. The van der Waals surface area contributed by atoms with Gasteiger partial charge >= 0.3 is 0 Å². The van der Waals surface area contributed by atoms with Gasteiger partial charge in [0, 0.05) is 6.54 Å². The first kappa shape index (κ1) is 15.7. The number of ketones is 1. The third-order valence-electron chi connectivity index (χ3n) is 3.54. The first-order valence-corrected chi connectivity index (χ1v) is 7.53. The highest BCUT2D eigenvalue weighted by Crippen LogP contribution is 2.24. The molecule has 2 rings (SSSR count). The van der Waals surface area contributed by atoms with E-state index >= 15 is 0 Å². The molecule has 0 amide bonds. The monoisotopic (exact) mass is 305 g/mol. The average molecular weight is 306 g/mol. The molecular weight excluding hydrogens is 286 g/mol. The van der Waals surface area contributed by atoms with E-state index in [-0.39, 0.29) is 12.2 Å². The van der Waals surface area contributed by atoms with Gasteiger partial charge in [-0.05, 0) is 18.9 Å². The van der Waals surface area contributed by atoms with Crippen molar-refractivity contribution >= 4 is 17.4 Å². The van der Waals surface area contributed by atoms with Gasteiger partial charge in [0.25, 0.3) is 0 Å². The van der Waals surface area contributed by atoms with E-state index in [1.165, 1.54) is 0 Å². The molecule has 5 heteroatoms. The minimum Gasteiger partial charge on any atom is -0.318 e. The van der Waals surface area contributed by atoms with Gasteiger partial charge in [-0.15, -0.1) is 0 Å². The zero-order valence-corrected chi connectivity index (χ0v) is 13.1. The number of nitrogens with zero attached hydrogens (tertiary/aromatic N) is 2. The number of aryl methyl sites for hydroxylation is 2. The number of carbonyl (C=O) groups is 1. The van der Waals surface area contributed by atoms with Crippen LogP contribution in [0.15, 0.2) is 30.3 Å². The number of nitrogens with two attached hydrogens (primary N) is 1. The number of rotatable bonds is 6. The van der Waals surface area contributed by atoms with E-state index in [0.717, 1.165) is 23.4 Å². The summed E-state index contributed by atoms with van der Waals surface area (Å²) in [6.07, 6.45) is 0.952.